The molecule has 1 aromatic rings. The van der Waals surface area contributed by atoms with Crippen molar-refractivity contribution in [1.82, 2.24) is 5.32 Å². The predicted octanol–water partition coefficient (Wildman–Crippen LogP) is 1.97. The molecule has 4 nitrogen and oxygen atoms in total. The number of rotatable bonds is 1. The molecular formula is C12H17BrN2O2S. The van der Waals surface area contributed by atoms with E-state index in [-0.39, 0.29) is 5.75 Å². The Bertz CT molecular complexity index is 543. The molecule has 0 saturated carbocycles. The van der Waals surface area contributed by atoms with Crippen LogP contribution in [0.15, 0.2) is 28.7 Å². The monoisotopic (exact) mass is 332 g/mol. The van der Waals surface area contributed by atoms with Crippen LogP contribution in [0, 0.1) is 0 Å². The van der Waals surface area contributed by atoms with Gasteiger partial charge in [-0.3, -0.25) is 4.31 Å². The fourth-order valence-electron chi connectivity index (χ4n) is 2.23. The van der Waals surface area contributed by atoms with Crippen LogP contribution in [-0.2, 0) is 10.0 Å². The Hall–Kier alpha value is -0.590. The minimum Gasteiger partial charge on any atom is -0.313 e. The fraction of sp³-hybridized carbons (Fsp3) is 0.500. The molecule has 0 atom stereocenters. The number of nitrogens with one attached hydrogen (secondary N) is 1. The van der Waals surface area contributed by atoms with Crippen LogP contribution in [-0.4, -0.2) is 32.8 Å². The van der Waals surface area contributed by atoms with Gasteiger partial charge in [-0.25, -0.2) is 8.42 Å². The smallest absolute Gasteiger partial charge is 0.236 e. The average molecular weight is 333 g/mol. The van der Waals surface area contributed by atoms with Gasteiger partial charge in [0.05, 0.1) is 17.0 Å². The van der Waals surface area contributed by atoms with E-state index in [1.165, 1.54) is 4.31 Å². The van der Waals surface area contributed by atoms with Gasteiger partial charge >= 0.3 is 0 Å². The first-order valence-electron chi connectivity index (χ1n) is 5.83. The number of sulfonamides is 1. The molecule has 0 aromatic heterocycles. The number of para-hydroxylation sites is 1. The van der Waals surface area contributed by atoms with Crippen molar-refractivity contribution in [2.24, 2.45) is 0 Å². The Morgan fingerprint density at radius 1 is 1.33 bits per heavy atom. The van der Waals surface area contributed by atoms with Crippen LogP contribution < -0.4 is 9.62 Å². The summed E-state index contributed by atoms with van der Waals surface area (Å²) in [4.78, 5) is 0. The highest BCUT2D eigenvalue weighted by Gasteiger charge is 2.38. The van der Waals surface area contributed by atoms with E-state index in [0.717, 1.165) is 4.47 Å². The number of hydrogen-bond donors (Lipinski definition) is 1. The summed E-state index contributed by atoms with van der Waals surface area (Å²) in [5, 5.41) is 3.18. The lowest BCUT2D eigenvalue weighted by molar-refractivity contribution is 0.482. The standard InChI is InChI=1S/C12H17BrN2O2S/c1-12(2)9-14-7-8-18(16,17)15(12)11-6-4-3-5-10(11)13/h3-6,14H,7-9H2,1-2H3. The van der Waals surface area contributed by atoms with E-state index < -0.39 is 15.6 Å². The van der Waals surface area contributed by atoms with Crippen molar-refractivity contribution in [2.45, 2.75) is 19.4 Å². The zero-order chi connectivity index (χ0) is 13.4. The molecule has 1 heterocycles. The molecule has 1 saturated heterocycles. The Balaban J connectivity index is 2.59. The molecule has 1 fully saturated rings. The van der Waals surface area contributed by atoms with Gasteiger partial charge in [-0.05, 0) is 41.9 Å². The SMILES string of the molecule is CC1(C)CNCCS(=O)(=O)N1c1ccccc1Br. The highest BCUT2D eigenvalue weighted by molar-refractivity contribution is 9.10. The first-order chi connectivity index (χ1) is 8.34. The number of nitrogens with zero attached hydrogens (tertiary/aromatic N) is 1. The molecule has 0 amide bonds. The number of hydrogen-bond acceptors (Lipinski definition) is 3. The van der Waals surface area contributed by atoms with Crippen LogP contribution in [0.3, 0.4) is 0 Å². The molecule has 0 bridgehead atoms. The molecular weight excluding hydrogens is 316 g/mol. The Morgan fingerprint density at radius 3 is 2.67 bits per heavy atom. The van der Waals surface area contributed by atoms with E-state index in [9.17, 15) is 8.42 Å². The molecule has 1 N–H and O–H groups in total. The third-order valence-corrected chi connectivity index (χ3v) is 5.63. The Morgan fingerprint density at radius 2 is 2.00 bits per heavy atom. The summed E-state index contributed by atoms with van der Waals surface area (Å²) in [5.41, 5.74) is 0.213. The molecule has 6 heteroatoms. The summed E-state index contributed by atoms with van der Waals surface area (Å²) in [6.07, 6.45) is 0. The molecule has 1 aromatic carbocycles. The summed E-state index contributed by atoms with van der Waals surface area (Å²) >= 11 is 3.43. The van der Waals surface area contributed by atoms with Crippen molar-refractivity contribution in [3.8, 4) is 0 Å². The van der Waals surface area contributed by atoms with Gasteiger partial charge in [-0.1, -0.05) is 12.1 Å². The number of benzene rings is 1. The maximum atomic E-state index is 12.4. The maximum Gasteiger partial charge on any atom is 0.236 e. The van der Waals surface area contributed by atoms with E-state index in [4.69, 9.17) is 0 Å². The lowest BCUT2D eigenvalue weighted by Gasteiger charge is -2.37. The Labute approximate surface area is 117 Å². The normalized spacial score (nSPS) is 22.5. The molecule has 1 aliphatic rings. The zero-order valence-electron chi connectivity index (χ0n) is 10.5. The van der Waals surface area contributed by atoms with Crippen LogP contribution in [0.2, 0.25) is 0 Å². The molecule has 1 aliphatic heterocycles. The van der Waals surface area contributed by atoms with Crippen molar-refractivity contribution in [3.05, 3.63) is 28.7 Å². The van der Waals surface area contributed by atoms with Gasteiger partial charge in [0.25, 0.3) is 0 Å². The molecule has 0 unspecified atom stereocenters. The summed E-state index contributed by atoms with van der Waals surface area (Å²) in [6, 6.07) is 7.42. The van der Waals surface area contributed by atoms with Crippen LogP contribution in [0.25, 0.3) is 0 Å². The summed E-state index contributed by atoms with van der Waals surface area (Å²) in [6.45, 7) is 4.99. The van der Waals surface area contributed by atoms with Crippen LogP contribution in [0.5, 0.6) is 0 Å². The lowest BCUT2D eigenvalue weighted by Crippen LogP contribution is -2.51. The highest BCUT2D eigenvalue weighted by Crippen LogP contribution is 2.34. The van der Waals surface area contributed by atoms with Gasteiger partial charge in [0, 0.05) is 17.6 Å². The van der Waals surface area contributed by atoms with Crippen LogP contribution in [0.1, 0.15) is 13.8 Å². The molecule has 0 aliphatic carbocycles. The summed E-state index contributed by atoms with van der Waals surface area (Å²) < 4.78 is 27.2. The van der Waals surface area contributed by atoms with Crippen molar-refractivity contribution in [2.75, 3.05) is 23.1 Å². The van der Waals surface area contributed by atoms with E-state index in [1.807, 2.05) is 38.1 Å². The minimum atomic E-state index is -3.30. The fourth-order valence-corrected chi connectivity index (χ4v) is 4.67. The largest absolute Gasteiger partial charge is 0.313 e. The van der Waals surface area contributed by atoms with E-state index in [2.05, 4.69) is 21.2 Å². The zero-order valence-corrected chi connectivity index (χ0v) is 12.9. The van der Waals surface area contributed by atoms with Crippen molar-refractivity contribution in [3.63, 3.8) is 0 Å². The third-order valence-electron chi connectivity index (χ3n) is 2.99. The van der Waals surface area contributed by atoms with E-state index >= 15 is 0 Å². The minimum absolute atomic E-state index is 0.123. The quantitative estimate of drug-likeness (QED) is 0.855. The third kappa shape index (κ3) is 2.55. The van der Waals surface area contributed by atoms with Crippen molar-refractivity contribution in [1.29, 1.82) is 0 Å². The van der Waals surface area contributed by atoms with E-state index in [0.29, 0.717) is 18.8 Å². The maximum absolute atomic E-state index is 12.4. The molecule has 0 radical (unpaired) electrons. The molecule has 0 spiro atoms. The van der Waals surface area contributed by atoms with Crippen molar-refractivity contribution >= 4 is 31.6 Å². The summed E-state index contributed by atoms with van der Waals surface area (Å²) in [5.74, 6) is 0.123. The van der Waals surface area contributed by atoms with Gasteiger partial charge in [0.15, 0.2) is 0 Å². The number of anilines is 1. The van der Waals surface area contributed by atoms with Crippen molar-refractivity contribution < 1.29 is 8.42 Å². The van der Waals surface area contributed by atoms with Crippen LogP contribution >= 0.6 is 15.9 Å². The predicted molar refractivity (Wildman–Crippen MR) is 77.4 cm³/mol. The second-order valence-electron chi connectivity index (χ2n) is 5.02. The average Bonchev–Trinajstić information content (AvgIpc) is 2.36. The van der Waals surface area contributed by atoms with E-state index in [1.54, 1.807) is 0 Å². The van der Waals surface area contributed by atoms with Gasteiger partial charge in [-0.2, -0.15) is 0 Å². The second kappa shape index (κ2) is 4.83. The summed E-state index contributed by atoms with van der Waals surface area (Å²) in [7, 11) is -3.30. The van der Waals surface area contributed by atoms with Gasteiger partial charge in [0.1, 0.15) is 0 Å². The van der Waals surface area contributed by atoms with Gasteiger partial charge in [-0.15, -0.1) is 0 Å². The number of halogens is 1. The first kappa shape index (κ1) is 13.8. The van der Waals surface area contributed by atoms with Gasteiger partial charge in [0.2, 0.25) is 10.0 Å². The molecule has 18 heavy (non-hydrogen) atoms. The first-order valence-corrected chi connectivity index (χ1v) is 8.23. The molecule has 100 valence electrons. The molecule has 2 rings (SSSR count). The van der Waals surface area contributed by atoms with Crippen LogP contribution in [0.4, 0.5) is 5.69 Å². The van der Waals surface area contributed by atoms with Gasteiger partial charge < -0.3 is 5.32 Å². The highest BCUT2D eigenvalue weighted by atomic mass is 79.9. The topological polar surface area (TPSA) is 49.4 Å². The lowest BCUT2D eigenvalue weighted by atomic mass is 10.1. The Kier molecular flexibility index (Phi) is 3.71. The second-order valence-corrected chi connectivity index (χ2v) is 7.81.